The molecule has 2 amide bonds. The highest BCUT2D eigenvalue weighted by molar-refractivity contribution is 6.03. The summed E-state index contributed by atoms with van der Waals surface area (Å²) in [6.45, 7) is 6.13. The van der Waals surface area contributed by atoms with E-state index >= 15 is 0 Å². The molecule has 164 valence electrons. The van der Waals surface area contributed by atoms with Gasteiger partial charge in [0.1, 0.15) is 11.5 Å². The number of hydrogen-bond acceptors (Lipinski definition) is 7. The summed E-state index contributed by atoms with van der Waals surface area (Å²) in [4.78, 5) is 38.4. The van der Waals surface area contributed by atoms with Crippen molar-refractivity contribution in [3.63, 3.8) is 0 Å². The van der Waals surface area contributed by atoms with Gasteiger partial charge in [0.2, 0.25) is 11.8 Å². The van der Waals surface area contributed by atoms with Gasteiger partial charge >= 0.3 is 0 Å². The lowest BCUT2D eigenvalue weighted by Crippen LogP contribution is -2.47. The van der Waals surface area contributed by atoms with Gasteiger partial charge in [0, 0.05) is 18.3 Å². The number of carbonyl (C=O) groups excluding carboxylic acids is 2. The predicted octanol–water partition coefficient (Wildman–Crippen LogP) is 2.29. The summed E-state index contributed by atoms with van der Waals surface area (Å²) < 4.78 is 20.1. The number of hydrogen-bond donors (Lipinski definition) is 2. The number of ether oxygens (including phenoxy) is 1. The van der Waals surface area contributed by atoms with E-state index in [0.29, 0.717) is 24.1 Å². The number of benzene rings is 1. The van der Waals surface area contributed by atoms with Crippen LogP contribution in [0.2, 0.25) is 0 Å². The number of carbonyl (C=O) groups is 2. The van der Waals surface area contributed by atoms with Crippen LogP contribution in [0.4, 0.5) is 10.1 Å². The molecule has 0 fully saturated rings. The van der Waals surface area contributed by atoms with E-state index < -0.39 is 17.3 Å². The number of nitrogens with one attached hydrogen (secondary N) is 1. The van der Waals surface area contributed by atoms with Crippen LogP contribution in [0.1, 0.15) is 43.2 Å². The molecule has 2 heterocycles. The number of amides is 2. The molecule has 0 aliphatic carbocycles. The average molecular weight is 428 g/mol. The number of aliphatic imine (C=N–C) groups is 1. The highest BCUT2D eigenvalue weighted by Gasteiger charge is 2.38. The Hall–Kier alpha value is -3.56. The van der Waals surface area contributed by atoms with Crippen molar-refractivity contribution in [3.8, 4) is 5.88 Å². The SMILES string of the molecule is CC(C)COc1cnc(C(=O)Nc2ccc(F)c(C3(C)CC(=O)N(C)C(N)=N3)c2)cn1. The monoisotopic (exact) mass is 428 g/mol. The second-order valence-electron chi connectivity index (χ2n) is 7.97. The van der Waals surface area contributed by atoms with E-state index in [1.165, 1.54) is 42.5 Å². The standard InChI is InChI=1S/C21H25FN6O3/c1-12(2)11-31-17-10-24-16(9-25-17)19(30)26-13-5-6-15(22)14(7-13)21(3)8-18(29)28(4)20(23)27-21/h5-7,9-10,12H,8,11H2,1-4H3,(H2,23,27)(H,26,30). The Morgan fingerprint density at radius 1 is 1.35 bits per heavy atom. The van der Waals surface area contributed by atoms with Gasteiger partial charge in [-0.15, -0.1) is 0 Å². The first-order chi connectivity index (χ1) is 14.6. The number of nitrogens with zero attached hydrogens (tertiary/aromatic N) is 4. The molecule has 1 atom stereocenters. The Bertz CT molecular complexity index is 1020. The van der Waals surface area contributed by atoms with Crippen molar-refractivity contribution in [1.82, 2.24) is 14.9 Å². The summed E-state index contributed by atoms with van der Waals surface area (Å²) >= 11 is 0. The van der Waals surface area contributed by atoms with E-state index in [4.69, 9.17) is 10.5 Å². The van der Waals surface area contributed by atoms with Gasteiger partial charge in [0.25, 0.3) is 5.91 Å². The maximum absolute atomic E-state index is 14.6. The lowest BCUT2D eigenvalue weighted by Gasteiger charge is -2.34. The van der Waals surface area contributed by atoms with Crippen molar-refractivity contribution >= 4 is 23.5 Å². The smallest absolute Gasteiger partial charge is 0.275 e. The molecule has 0 bridgehead atoms. The minimum absolute atomic E-state index is 0.00244. The normalized spacial score (nSPS) is 18.7. The molecule has 1 aromatic heterocycles. The van der Waals surface area contributed by atoms with Gasteiger partial charge in [-0.2, -0.15) is 0 Å². The fraction of sp³-hybridized carbons (Fsp3) is 0.381. The third-order valence-corrected chi connectivity index (χ3v) is 4.80. The molecule has 1 unspecified atom stereocenters. The molecule has 1 aliphatic heterocycles. The first kappa shape index (κ1) is 22.1. The maximum Gasteiger partial charge on any atom is 0.275 e. The van der Waals surface area contributed by atoms with Crippen LogP contribution in [0.5, 0.6) is 5.88 Å². The Labute approximate surface area is 179 Å². The molecule has 2 aromatic rings. The van der Waals surface area contributed by atoms with E-state index in [1.54, 1.807) is 6.92 Å². The van der Waals surface area contributed by atoms with Gasteiger partial charge in [0.05, 0.1) is 31.0 Å². The van der Waals surface area contributed by atoms with Crippen LogP contribution in [0, 0.1) is 11.7 Å². The minimum atomic E-state index is -1.19. The van der Waals surface area contributed by atoms with Crippen LogP contribution in [-0.2, 0) is 10.3 Å². The Balaban J connectivity index is 1.79. The average Bonchev–Trinajstić information content (AvgIpc) is 2.72. The lowest BCUT2D eigenvalue weighted by molar-refractivity contribution is -0.128. The summed E-state index contributed by atoms with van der Waals surface area (Å²) in [6, 6.07) is 4.06. The zero-order valence-corrected chi connectivity index (χ0v) is 17.8. The van der Waals surface area contributed by atoms with Crippen molar-refractivity contribution in [2.45, 2.75) is 32.7 Å². The van der Waals surface area contributed by atoms with Gasteiger partial charge in [0.15, 0.2) is 5.96 Å². The molecule has 0 saturated heterocycles. The second-order valence-corrected chi connectivity index (χ2v) is 7.97. The molecule has 0 spiro atoms. The molecule has 0 saturated carbocycles. The van der Waals surface area contributed by atoms with Gasteiger partial charge in [-0.3, -0.25) is 14.5 Å². The summed E-state index contributed by atoms with van der Waals surface area (Å²) in [7, 11) is 1.51. The Kier molecular flexibility index (Phi) is 6.19. The van der Waals surface area contributed by atoms with Crippen LogP contribution in [0.3, 0.4) is 0 Å². The highest BCUT2D eigenvalue weighted by Crippen LogP contribution is 2.35. The van der Waals surface area contributed by atoms with Gasteiger partial charge in [-0.25, -0.2) is 19.4 Å². The molecule has 0 radical (unpaired) electrons. The Morgan fingerprint density at radius 2 is 2.10 bits per heavy atom. The van der Waals surface area contributed by atoms with Crippen molar-refractivity contribution in [2.75, 3.05) is 19.0 Å². The van der Waals surface area contributed by atoms with Crippen LogP contribution in [-0.4, -0.2) is 46.3 Å². The first-order valence-corrected chi connectivity index (χ1v) is 9.77. The van der Waals surface area contributed by atoms with Gasteiger partial charge in [-0.05, 0) is 31.0 Å². The Morgan fingerprint density at radius 3 is 2.71 bits per heavy atom. The summed E-state index contributed by atoms with van der Waals surface area (Å²) in [5, 5.41) is 2.66. The first-order valence-electron chi connectivity index (χ1n) is 9.77. The van der Waals surface area contributed by atoms with E-state index in [-0.39, 0.29) is 29.5 Å². The summed E-state index contributed by atoms with van der Waals surface area (Å²) in [5.41, 5.74) is 5.18. The predicted molar refractivity (Wildman–Crippen MR) is 113 cm³/mol. The molecular weight excluding hydrogens is 403 g/mol. The zero-order chi connectivity index (χ0) is 22.8. The minimum Gasteiger partial charge on any atom is -0.476 e. The van der Waals surface area contributed by atoms with Gasteiger partial charge in [-0.1, -0.05) is 13.8 Å². The van der Waals surface area contributed by atoms with E-state index in [0.717, 1.165) is 0 Å². The van der Waals surface area contributed by atoms with Crippen molar-refractivity contribution in [2.24, 2.45) is 16.6 Å². The quantitative estimate of drug-likeness (QED) is 0.728. The van der Waals surface area contributed by atoms with Crippen molar-refractivity contribution in [3.05, 3.63) is 47.7 Å². The third kappa shape index (κ3) is 4.96. The number of aromatic nitrogens is 2. The van der Waals surface area contributed by atoms with E-state index in [1.807, 2.05) is 13.8 Å². The summed E-state index contributed by atoms with van der Waals surface area (Å²) in [5.74, 6) is -0.695. The largest absolute Gasteiger partial charge is 0.476 e. The third-order valence-electron chi connectivity index (χ3n) is 4.80. The van der Waals surface area contributed by atoms with E-state index in [9.17, 15) is 14.0 Å². The van der Waals surface area contributed by atoms with Crippen LogP contribution in [0.15, 0.2) is 35.6 Å². The molecular formula is C21H25FN6O3. The number of nitrogens with two attached hydrogens (primary N) is 1. The van der Waals surface area contributed by atoms with Crippen molar-refractivity contribution < 1.29 is 18.7 Å². The van der Waals surface area contributed by atoms with Crippen LogP contribution >= 0.6 is 0 Å². The highest BCUT2D eigenvalue weighted by atomic mass is 19.1. The zero-order valence-electron chi connectivity index (χ0n) is 17.8. The molecule has 1 aromatic carbocycles. The number of rotatable bonds is 6. The topological polar surface area (TPSA) is 123 Å². The van der Waals surface area contributed by atoms with Crippen molar-refractivity contribution in [1.29, 1.82) is 0 Å². The van der Waals surface area contributed by atoms with Gasteiger partial charge < -0.3 is 15.8 Å². The van der Waals surface area contributed by atoms with Crippen LogP contribution < -0.4 is 15.8 Å². The second kappa shape index (κ2) is 8.66. The molecule has 9 nitrogen and oxygen atoms in total. The molecule has 10 heteroatoms. The molecule has 3 rings (SSSR count). The number of guanidine groups is 1. The lowest BCUT2D eigenvalue weighted by atomic mass is 9.87. The van der Waals surface area contributed by atoms with Crippen LogP contribution in [0.25, 0.3) is 0 Å². The number of anilines is 1. The molecule has 31 heavy (non-hydrogen) atoms. The maximum atomic E-state index is 14.6. The summed E-state index contributed by atoms with van der Waals surface area (Å²) in [6.07, 6.45) is 2.62. The fourth-order valence-electron chi connectivity index (χ4n) is 3.03. The number of halogens is 1. The van der Waals surface area contributed by atoms with E-state index in [2.05, 4.69) is 20.3 Å². The fourth-order valence-corrected chi connectivity index (χ4v) is 3.03. The molecule has 1 aliphatic rings. The molecule has 3 N–H and O–H groups in total.